The van der Waals surface area contributed by atoms with E-state index in [-0.39, 0.29) is 11.8 Å². The highest BCUT2D eigenvalue weighted by Gasteiger charge is 2.34. The van der Waals surface area contributed by atoms with Gasteiger partial charge in [-0.05, 0) is 56.0 Å². The van der Waals surface area contributed by atoms with Crippen LogP contribution < -0.4 is 5.32 Å². The molecule has 0 aliphatic carbocycles. The molecule has 0 bridgehead atoms. The number of thioether (sulfide) groups is 1. The van der Waals surface area contributed by atoms with Crippen molar-refractivity contribution >= 4 is 29.3 Å². The zero-order valence-electron chi connectivity index (χ0n) is 18.5. The summed E-state index contributed by atoms with van der Waals surface area (Å²) in [5.41, 5.74) is 4.37. The Hall–Kier alpha value is -2.79. The number of nitrogens with one attached hydrogen (secondary N) is 1. The number of nitrogens with zero attached hydrogens (tertiary/aromatic N) is 4. The zero-order chi connectivity index (χ0) is 22.5. The van der Waals surface area contributed by atoms with Gasteiger partial charge in [-0.2, -0.15) is 10.4 Å². The first-order valence-corrected chi connectivity index (χ1v) is 11.7. The molecule has 8 heteroatoms. The van der Waals surface area contributed by atoms with E-state index >= 15 is 0 Å². The van der Waals surface area contributed by atoms with E-state index in [9.17, 15) is 9.59 Å². The number of benzene rings is 1. The summed E-state index contributed by atoms with van der Waals surface area (Å²) in [6.07, 6.45) is 0.982. The third kappa shape index (κ3) is 5.47. The van der Waals surface area contributed by atoms with Crippen molar-refractivity contribution in [1.82, 2.24) is 14.7 Å². The van der Waals surface area contributed by atoms with Crippen LogP contribution in [-0.4, -0.2) is 44.2 Å². The van der Waals surface area contributed by atoms with Crippen molar-refractivity contribution < 1.29 is 9.59 Å². The molecule has 1 aliphatic rings. The minimum absolute atomic E-state index is 0.0135. The molecule has 31 heavy (non-hydrogen) atoms. The molecule has 1 aliphatic heterocycles. The SMILES string of the molecule is Cc1nn(CC(C)C)c(C)c1CCC(=O)N1CSCC1C(=O)Nc1ccc(C#N)cc1. The first-order valence-electron chi connectivity index (χ1n) is 10.5. The lowest BCUT2D eigenvalue weighted by Gasteiger charge is -2.23. The molecular weight excluding hydrogens is 410 g/mol. The van der Waals surface area contributed by atoms with Gasteiger partial charge in [-0.15, -0.1) is 11.8 Å². The van der Waals surface area contributed by atoms with Gasteiger partial charge in [0, 0.05) is 30.1 Å². The molecule has 2 aromatic rings. The second-order valence-corrected chi connectivity index (χ2v) is 9.28. The Morgan fingerprint density at radius 3 is 2.65 bits per heavy atom. The summed E-state index contributed by atoms with van der Waals surface area (Å²) >= 11 is 1.59. The van der Waals surface area contributed by atoms with Crippen LogP contribution in [0.25, 0.3) is 0 Å². The van der Waals surface area contributed by atoms with Crippen LogP contribution in [0.2, 0.25) is 0 Å². The van der Waals surface area contributed by atoms with Crippen molar-refractivity contribution in [2.45, 2.75) is 53.1 Å². The number of nitriles is 1. The van der Waals surface area contributed by atoms with Gasteiger partial charge in [-0.3, -0.25) is 14.3 Å². The van der Waals surface area contributed by atoms with Gasteiger partial charge < -0.3 is 10.2 Å². The van der Waals surface area contributed by atoms with E-state index in [2.05, 4.69) is 37.3 Å². The maximum Gasteiger partial charge on any atom is 0.248 e. The molecule has 1 atom stereocenters. The summed E-state index contributed by atoms with van der Waals surface area (Å²) in [5.74, 6) is 1.40. The summed E-state index contributed by atoms with van der Waals surface area (Å²) in [7, 11) is 0. The third-order valence-electron chi connectivity index (χ3n) is 5.45. The maximum atomic E-state index is 12.9. The van der Waals surface area contributed by atoms with Gasteiger partial charge in [0.2, 0.25) is 11.8 Å². The summed E-state index contributed by atoms with van der Waals surface area (Å²) in [6.45, 7) is 9.23. The lowest BCUT2D eigenvalue weighted by Crippen LogP contribution is -2.44. The molecule has 164 valence electrons. The van der Waals surface area contributed by atoms with Crippen molar-refractivity contribution in [3.8, 4) is 6.07 Å². The van der Waals surface area contributed by atoms with Crippen LogP contribution in [0.15, 0.2) is 24.3 Å². The molecule has 7 nitrogen and oxygen atoms in total. The predicted octanol–water partition coefficient (Wildman–Crippen LogP) is 3.50. The van der Waals surface area contributed by atoms with Crippen molar-refractivity contribution in [3.63, 3.8) is 0 Å². The number of anilines is 1. The quantitative estimate of drug-likeness (QED) is 0.713. The van der Waals surface area contributed by atoms with Gasteiger partial charge in [0.25, 0.3) is 0 Å². The molecule has 2 heterocycles. The van der Waals surface area contributed by atoms with E-state index < -0.39 is 6.04 Å². The fourth-order valence-corrected chi connectivity index (χ4v) is 4.93. The van der Waals surface area contributed by atoms with Crippen molar-refractivity contribution in [2.75, 3.05) is 16.9 Å². The normalized spacial score (nSPS) is 15.9. The molecule has 1 aromatic carbocycles. The van der Waals surface area contributed by atoms with Crippen LogP contribution in [0.3, 0.4) is 0 Å². The van der Waals surface area contributed by atoms with Gasteiger partial charge in [-0.25, -0.2) is 0 Å². The second kappa shape index (κ2) is 10.0. The second-order valence-electron chi connectivity index (χ2n) is 8.28. The van der Waals surface area contributed by atoms with E-state index in [1.54, 1.807) is 40.9 Å². The van der Waals surface area contributed by atoms with E-state index in [1.807, 2.05) is 11.6 Å². The molecule has 0 saturated carbocycles. The van der Waals surface area contributed by atoms with Gasteiger partial charge in [0.1, 0.15) is 6.04 Å². The Morgan fingerprint density at radius 1 is 1.29 bits per heavy atom. The highest BCUT2D eigenvalue weighted by molar-refractivity contribution is 7.99. The number of amides is 2. The fourth-order valence-electron chi connectivity index (χ4n) is 3.75. The highest BCUT2D eigenvalue weighted by atomic mass is 32.2. The van der Waals surface area contributed by atoms with E-state index in [0.29, 0.717) is 41.6 Å². The van der Waals surface area contributed by atoms with Crippen LogP contribution in [0, 0.1) is 31.1 Å². The average Bonchev–Trinajstić information content (AvgIpc) is 3.32. The van der Waals surface area contributed by atoms with Gasteiger partial charge in [-0.1, -0.05) is 13.8 Å². The minimum Gasteiger partial charge on any atom is -0.324 e. The molecule has 1 aromatic heterocycles. The van der Waals surface area contributed by atoms with Crippen molar-refractivity contribution in [1.29, 1.82) is 5.26 Å². The Morgan fingerprint density at radius 2 is 2.00 bits per heavy atom. The average molecular weight is 440 g/mol. The third-order valence-corrected chi connectivity index (χ3v) is 6.46. The van der Waals surface area contributed by atoms with Crippen LogP contribution in [0.1, 0.15) is 42.8 Å². The van der Waals surface area contributed by atoms with Crippen molar-refractivity contribution in [2.24, 2.45) is 5.92 Å². The van der Waals surface area contributed by atoms with Gasteiger partial charge in [0.15, 0.2) is 0 Å². The lowest BCUT2D eigenvalue weighted by atomic mass is 10.1. The summed E-state index contributed by atoms with van der Waals surface area (Å²) < 4.78 is 2.03. The molecule has 1 saturated heterocycles. The van der Waals surface area contributed by atoms with Crippen molar-refractivity contribution in [3.05, 3.63) is 46.8 Å². The van der Waals surface area contributed by atoms with E-state index in [4.69, 9.17) is 5.26 Å². The number of carbonyl (C=O) groups is 2. The molecule has 0 spiro atoms. The number of carbonyl (C=O) groups excluding carboxylic acids is 2. The number of rotatable bonds is 7. The largest absolute Gasteiger partial charge is 0.324 e. The Bertz CT molecular complexity index is 991. The molecule has 1 N–H and O–H groups in total. The molecule has 0 radical (unpaired) electrons. The number of hydrogen-bond acceptors (Lipinski definition) is 5. The highest BCUT2D eigenvalue weighted by Crippen LogP contribution is 2.24. The summed E-state index contributed by atoms with van der Waals surface area (Å²) in [5, 5.41) is 16.4. The van der Waals surface area contributed by atoms with Crippen LogP contribution in [-0.2, 0) is 22.6 Å². The zero-order valence-corrected chi connectivity index (χ0v) is 19.3. The first kappa shape index (κ1) is 22.9. The summed E-state index contributed by atoms with van der Waals surface area (Å²) in [6, 6.07) is 8.29. The molecule has 3 rings (SSSR count). The predicted molar refractivity (Wildman–Crippen MR) is 123 cm³/mol. The topological polar surface area (TPSA) is 91.0 Å². The Kier molecular flexibility index (Phi) is 7.39. The standard InChI is InChI=1S/C23H29N5O2S/c1-15(2)12-28-17(4)20(16(3)26-28)9-10-22(29)27-14-31-13-21(27)23(30)25-19-7-5-18(11-24)6-8-19/h5-8,15,21H,9-10,12-14H2,1-4H3,(H,25,30). The molecule has 1 unspecified atom stereocenters. The lowest BCUT2D eigenvalue weighted by molar-refractivity contribution is -0.136. The number of aryl methyl sites for hydroxylation is 1. The van der Waals surface area contributed by atoms with Crippen LogP contribution >= 0.6 is 11.8 Å². The minimum atomic E-state index is -0.487. The number of aromatic nitrogens is 2. The fraction of sp³-hybridized carbons (Fsp3) is 0.478. The first-order chi connectivity index (χ1) is 14.8. The van der Waals surface area contributed by atoms with E-state index in [0.717, 1.165) is 23.5 Å². The molecular formula is C23H29N5O2S. The smallest absolute Gasteiger partial charge is 0.248 e. The van der Waals surface area contributed by atoms with Gasteiger partial charge in [0.05, 0.1) is 23.2 Å². The monoisotopic (exact) mass is 439 g/mol. The number of hydrogen-bond donors (Lipinski definition) is 1. The Labute approximate surface area is 187 Å². The maximum absolute atomic E-state index is 12.9. The summed E-state index contributed by atoms with van der Waals surface area (Å²) in [4.78, 5) is 27.4. The van der Waals surface area contributed by atoms with Gasteiger partial charge >= 0.3 is 0 Å². The Balaban J connectivity index is 1.61. The molecule has 1 fully saturated rings. The van der Waals surface area contributed by atoms with E-state index in [1.165, 1.54) is 0 Å². The van der Waals surface area contributed by atoms with Crippen LogP contribution in [0.4, 0.5) is 5.69 Å². The van der Waals surface area contributed by atoms with Crippen LogP contribution in [0.5, 0.6) is 0 Å². The molecule has 2 amide bonds.